The number of unbranched alkanes of at least 4 members (excludes halogenated alkanes) is 1. The first-order valence-electron chi connectivity index (χ1n) is 3.35. The molecule has 3 heteroatoms. The molecule has 2 N–H and O–H groups in total. The zero-order valence-electron chi connectivity index (χ0n) is 6.17. The minimum Gasteiger partial charge on any atom is -0.366 e. The van der Waals surface area contributed by atoms with Gasteiger partial charge in [0.05, 0.1) is 0 Å². The average Bonchev–Trinajstić information content (AvgIpc) is 1.87. The molecule has 0 spiro atoms. The minimum atomic E-state index is -0.371. The fourth-order valence-corrected chi connectivity index (χ4v) is 1.23. The van der Waals surface area contributed by atoms with E-state index in [1.165, 1.54) is 18.9 Å². The molecule has 0 saturated heterocycles. The van der Waals surface area contributed by atoms with Gasteiger partial charge in [0.15, 0.2) is 0 Å². The fraction of sp³-hybridized carbons (Fsp3) is 0.571. The van der Waals surface area contributed by atoms with E-state index in [4.69, 9.17) is 5.73 Å². The number of carbonyl (C=O) groups is 1. The van der Waals surface area contributed by atoms with Crippen molar-refractivity contribution in [2.45, 2.75) is 19.8 Å². The highest BCUT2D eigenvalue weighted by molar-refractivity contribution is 8.02. The molecule has 0 fully saturated rings. The Hall–Kier alpha value is -0.440. The molecule has 0 saturated carbocycles. The standard InChI is InChI=1S/C7H13NOS/c1-2-3-5-10-6-4-7(8)9/h4,6H,2-3,5H2,1H3,(H2,8,9). The predicted octanol–water partition coefficient (Wildman–Crippen LogP) is 1.52. The van der Waals surface area contributed by atoms with Gasteiger partial charge in [-0.15, -0.1) is 11.8 Å². The smallest absolute Gasteiger partial charge is 0.241 e. The summed E-state index contributed by atoms with van der Waals surface area (Å²) in [5.41, 5.74) is 4.87. The van der Waals surface area contributed by atoms with Crippen molar-refractivity contribution in [2.75, 3.05) is 5.75 Å². The summed E-state index contributed by atoms with van der Waals surface area (Å²) in [6.45, 7) is 2.14. The SMILES string of the molecule is CCCCSC=CC(N)=O. The first-order chi connectivity index (χ1) is 4.77. The molecule has 0 radical (unpaired) electrons. The van der Waals surface area contributed by atoms with E-state index >= 15 is 0 Å². The van der Waals surface area contributed by atoms with Crippen molar-refractivity contribution in [3.05, 3.63) is 11.5 Å². The Bertz CT molecular complexity index is 123. The summed E-state index contributed by atoms with van der Waals surface area (Å²) in [4.78, 5) is 10.2. The van der Waals surface area contributed by atoms with Crippen LogP contribution in [0.2, 0.25) is 0 Å². The molecule has 0 aliphatic carbocycles. The number of carbonyl (C=O) groups excluding carboxylic acids is 1. The first-order valence-corrected chi connectivity index (χ1v) is 4.40. The largest absolute Gasteiger partial charge is 0.366 e. The lowest BCUT2D eigenvalue weighted by Gasteiger charge is -1.89. The predicted molar refractivity (Wildman–Crippen MR) is 45.7 cm³/mol. The van der Waals surface area contributed by atoms with E-state index in [1.54, 1.807) is 17.2 Å². The van der Waals surface area contributed by atoms with Crippen molar-refractivity contribution in [3.63, 3.8) is 0 Å². The van der Waals surface area contributed by atoms with E-state index in [0.717, 1.165) is 5.75 Å². The highest BCUT2D eigenvalue weighted by Crippen LogP contribution is 2.04. The summed E-state index contributed by atoms with van der Waals surface area (Å²) >= 11 is 1.62. The summed E-state index contributed by atoms with van der Waals surface area (Å²) in [6, 6.07) is 0. The average molecular weight is 159 g/mol. The van der Waals surface area contributed by atoms with Crippen LogP contribution in [0.4, 0.5) is 0 Å². The maximum absolute atomic E-state index is 10.2. The van der Waals surface area contributed by atoms with Crippen LogP contribution in [0.5, 0.6) is 0 Å². The molecule has 0 heterocycles. The Labute approximate surface area is 65.9 Å². The van der Waals surface area contributed by atoms with E-state index in [9.17, 15) is 4.79 Å². The van der Waals surface area contributed by atoms with E-state index < -0.39 is 0 Å². The van der Waals surface area contributed by atoms with Gasteiger partial charge in [-0.25, -0.2) is 0 Å². The second kappa shape index (κ2) is 6.68. The molecule has 0 aliphatic heterocycles. The number of amides is 1. The molecule has 2 nitrogen and oxygen atoms in total. The van der Waals surface area contributed by atoms with Crippen LogP contribution >= 0.6 is 11.8 Å². The van der Waals surface area contributed by atoms with Gasteiger partial charge in [-0.1, -0.05) is 13.3 Å². The van der Waals surface area contributed by atoms with Crippen LogP contribution in [0.1, 0.15) is 19.8 Å². The maximum atomic E-state index is 10.2. The molecule has 58 valence electrons. The Morgan fingerprint density at radius 3 is 2.90 bits per heavy atom. The molecule has 0 aromatic carbocycles. The van der Waals surface area contributed by atoms with Crippen LogP contribution in [-0.2, 0) is 4.79 Å². The lowest BCUT2D eigenvalue weighted by atomic mass is 10.4. The van der Waals surface area contributed by atoms with Crippen molar-refractivity contribution in [1.29, 1.82) is 0 Å². The van der Waals surface area contributed by atoms with Gasteiger partial charge in [0.2, 0.25) is 5.91 Å². The van der Waals surface area contributed by atoms with Gasteiger partial charge in [0.1, 0.15) is 0 Å². The van der Waals surface area contributed by atoms with Crippen molar-refractivity contribution in [1.82, 2.24) is 0 Å². The van der Waals surface area contributed by atoms with Gasteiger partial charge in [0.25, 0.3) is 0 Å². The lowest BCUT2D eigenvalue weighted by Crippen LogP contribution is -2.04. The maximum Gasteiger partial charge on any atom is 0.241 e. The minimum absolute atomic E-state index is 0.371. The summed E-state index contributed by atoms with van der Waals surface area (Å²) in [7, 11) is 0. The highest BCUT2D eigenvalue weighted by atomic mass is 32.2. The third-order valence-electron chi connectivity index (χ3n) is 0.944. The summed E-state index contributed by atoms with van der Waals surface area (Å²) < 4.78 is 0. The normalized spacial score (nSPS) is 10.5. The van der Waals surface area contributed by atoms with Crippen molar-refractivity contribution in [3.8, 4) is 0 Å². The third kappa shape index (κ3) is 7.56. The van der Waals surface area contributed by atoms with Crippen molar-refractivity contribution >= 4 is 17.7 Å². The number of hydrogen-bond donors (Lipinski definition) is 1. The molecule has 0 bridgehead atoms. The molecule has 0 aliphatic rings. The van der Waals surface area contributed by atoms with Gasteiger partial charge in [-0.2, -0.15) is 0 Å². The van der Waals surface area contributed by atoms with Crippen LogP contribution in [0.15, 0.2) is 11.5 Å². The molecule has 0 aromatic heterocycles. The monoisotopic (exact) mass is 159 g/mol. The van der Waals surface area contributed by atoms with Crippen LogP contribution < -0.4 is 5.73 Å². The van der Waals surface area contributed by atoms with Gasteiger partial charge < -0.3 is 5.73 Å². The van der Waals surface area contributed by atoms with Gasteiger partial charge in [-0.05, 0) is 17.6 Å². The second-order valence-corrected chi connectivity index (χ2v) is 2.94. The lowest BCUT2D eigenvalue weighted by molar-refractivity contribution is -0.113. The second-order valence-electron chi connectivity index (χ2n) is 1.93. The number of hydrogen-bond acceptors (Lipinski definition) is 2. The topological polar surface area (TPSA) is 43.1 Å². The van der Waals surface area contributed by atoms with Gasteiger partial charge in [-0.3, -0.25) is 4.79 Å². The van der Waals surface area contributed by atoms with E-state index in [-0.39, 0.29) is 5.91 Å². The fourth-order valence-electron chi connectivity index (χ4n) is 0.411. The van der Waals surface area contributed by atoms with Crippen molar-refractivity contribution < 1.29 is 4.79 Å². The summed E-state index contributed by atoms with van der Waals surface area (Å²) in [6.07, 6.45) is 3.77. The van der Waals surface area contributed by atoms with E-state index in [1.807, 2.05) is 0 Å². The summed E-state index contributed by atoms with van der Waals surface area (Å²) in [5.74, 6) is 0.698. The molecule has 0 unspecified atom stereocenters. The molecule has 0 aromatic rings. The molecule has 1 amide bonds. The zero-order valence-corrected chi connectivity index (χ0v) is 6.99. The number of nitrogens with two attached hydrogens (primary N) is 1. The van der Waals surface area contributed by atoms with Crippen LogP contribution in [-0.4, -0.2) is 11.7 Å². The summed E-state index contributed by atoms with van der Waals surface area (Å²) in [5, 5.41) is 1.75. The first kappa shape index (κ1) is 9.56. The van der Waals surface area contributed by atoms with Crippen LogP contribution in [0, 0.1) is 0 Å². The Morgan fingerprint density at radius 2 is 2.40 bits per heavy atom. The molecule has 0 atom stereocenters. The van der Waals surface area contributed by atoms with E-state index in [0.29, 0.717) is 0 Å². The van der Waals surface area contributed by atoms with E-state index in [2.05, 4.69) is 6.92 Å². The van der Waals surface area contributed by atoms with Crippen LogP contribution in [0.3, 0.4) is 0 Å². The molecular formula is C7H13NOS. The Balaban J connectivity index is 3.10. The third-order valence-corrected chi connectivity index (χ3v) is 1.80. The van der Waals surface area contributed by atoms with Crippen molar-refractivity contribution in [2.24, 2.45) is 5.73 Å². The van der Waals surface area contributed by atoms with Crippen LogP contribution in [0.25, 0.3) is 0 Å². The highest BCUT2D eigenvalue weighted by Gasteiger charge is 1.83. The molecule has 10 heavy (non-hydrogen) atoms. The quantitative estimate of drug-likeness (QED) is 0.488. The number of rotatable bonds is 5. The molecular weight excluding hydrogens is 146 g/mol. The zero-order chi connectivity index (χ0) is 7.82. The van der Waals surface area contributed by atoms with Gasteiger partial charge >= 0.3 is 0 Å². The Morgan fingerprint density at radius 1 is 1.70 bits per heavy atom. The number of primary amides is 1. The molecule has 0 rings (SSSR count). The van der Waals surface area contributed by atoms with Gasteiger partial charge in [0, 0.05) is 6.08 Å². The Kier molecular flexibility index (Phi) is 6.38. The number of thioether (sulfide) groups is 1.